The molecule has 0 amide bonds. The predicted octanol–water partition coefficient (Wildman–Crippen LogP) is 7.73. The van der Waals surface area contributed by atoms with E-state index < -0.39 is 69.1 Å². The molecule has 0 aliphatic heterocycles. The fraction of sp³-hybridized carbons (Fsp3) is 0.211. The number of benzene rings is 2. The van der Waals surface area contributed by atoms with Gasteiger partial charge in [-0.2, -0.15) is 39.5 Å². The van der Waals surface area contributed by atoms with Gasteiger partial charge in [0.1, 0.15) is 11.7 Å². The number of aromatic carboxylic acids is 1. The lowest BCUT2D eigenvalue weighted by molar-refractivity contribution is -0.140. The first-order chi connectivity index (χ1) is 14.4. The lowest BCUT2D eigenvalue weighted by atomic mass is 9.94. The summed E-state index contributed by atoms with van der Waals surface area (Å²) in [6, 6.07) is 1.89. The minimum Gasteiger partial charge on any atom is -0.478 e. The van der Waals surface area contributed by atoms with Crippen molar-refractivity contribution >= 4 is 23.4 Å². The Hall–Kier alpha value is -2.76. The zero-order chi connectivity index (χ0) is 24.6. The van der Waals surface area contributed by atoms with Crippen LogP contribution in [0.15, 0.2) is 42.5 Å². The molecule has 0 fully saturated rings. The molecule has 1 N–H and O–H groups in total. The quantitative estimate of drug-likeness (QED) is 0.442. The Bertz CT molecular complexity index is 1050. The van der Waals surface area contributed by atoms with Crippen LogP contribution in [0.4, 0.5) is 43.9 Å². The maximum Gasteiger partial charge on any atom is 0.417 e. The van der Waals surface area contributed by atoms with Crippen molar-refractivity contribution in [3.63, 3.8) is 0 Å². The minimum atomic E-state index is -5.26. The number of rotatable bonds is 4. The molecule has 32 heavy (non-hydrogen) atoms. The third-order valence-corrected chi connectivity index (χ3v) is 4.47. The van der Waals surface area contributed by atoms with Crippen molar-refractivity contribution in [1.82, 2.24) is 0 Å². The first-order valence-corrected chi connectivity index (χ1v) is 8.56. The topological polar surface area (TPSA) is 37.3 Å². The number of carboxylic acid groups (broad SMARTS) is 1. The third-order valence-electron chi connectivity index (χ3n) is 4.15. The van der Waals surface area contributed by atoms with Gasteiger partial charge in [-0.15, -0.1) is 0 Å². The zero-order valence-corrected chi connectivity index (χ0v) is 15.9. The Balaban J connectivity index is 2.59. The van der Waals surface area contributed by atoms with Crippen LogP contribution in [0, 0.1) is 0 Å². The average molecular weight is 495 g/mol. The summed E-state index contributed by atoms with van der Waals surface area (Å²) in [5.74, 6) is -6.68. The van der Waals surface area contributed by atoms with E-state index in [1.165, 1.54) is 0 Å². The van der Waals surface area contributed by atoms with Crippen LogP contribution in [0.3, 0.4) is 0 Å². The van der Waals surface area contributed by atoms with Crippen LogP contribution in [0.5, 0.6) is 0 Å². The molecule has 0 aromatic heterocycles. The van der Waals surface area contributed by atoms with Crippen molar-refractivity contribution in [3.05, 3.63) is 75.3 Å². The Morgan fingerprint density at radius 3 is 1.88 bits per heavy atom. The molecule has 2 aromatic rings. The van der Waals surface area contributed by atoms with Gasteiger partial charge in [-0.25, -0.2) is 9.18 Å². The molecule has 0 saturated heterocycles. The summed E-state index contributed by atoms with van der Waals surface area (Å²) in [5.41, 5.74) is -6.41. The molecule has 0 radical (unpaired) electrons. The molecule has 174 valence electrons. The molecule has 1 atom stereocenters. The number of allylic oxidation sites excluding steroid dienone is 1. The highest BCUT2D eigenvalue weighted by atomic mass is 35.5. The summed E-state index contributed by atoms with van der Waals surface area (Å²) in [4.78, 5) is 10.9. The zero-order valence-electron chi connectivity index (χ0n) is 15.1. The fourth-order valence-corrected chi connectivity index (χ4v) is 2.99. The van der Waals surface area contributed by atoms with E-state index in [1.807, 2.05) is 0 Å². The normalized spacial score (nSPS) is 14.4. The van der Waals surface area contributed by atoms with Gasteiger partial charge in [0.15, 0.2) is 0 Å². The van der Waals surface area contributed by atoms with E-state index in [2.05, 4.69) is 0 Å². The Morgan fingerprint density at radius 1 is 0.875 bits per heavy atom. The van der Waals surface area contributed by atoms with Crippen molar-refractivity contribution in [2.75, 3.05) is 0 Å². The molecule has 0 aliphatic carbocycles. The summed E-state index contributed by atoms with van der Waals surface area (Å²) in [6.45, 7) is 0. The number of carbonyl (C=O) groups is 1. The fourth-order valence-electron chi connectivity index (χ4n) is 2.69. The van der Waals surface area contributed by atoms with E-state index >= 15 is 0 Å². The van der Waals surface area contributed by atoms with Gasteiger partial charge in [-0.05, 0) is 35.9 Å². The van der Waals surface area contributed by atoms with E-state index in [4.69, 9.17) is 16.7 Å². The van der Waals surface area contributed by atoms with Crippen molar-refractivity contribution in [2.24, 2.45) is 0 Å². The maximum atomic E-state index is 14.5. The van der Waals surface area contributed by atoms with E-state index in [9.17, 15) is 48.7 Å². The summed E-state index contributed by atoms with van der Waals surface area (Å²) in [7, 11) is 0. The third kappa shape index (κ3) is 5.72. The van der Waals surface area contributed by atoms with Crippen LogP contribution in [0.1, 0.15) is 38.5 Å². The number of carboxylic acids is 1. The molecule has 2 nitrogen and oxygen atoms in total. The van der Waals surface area contributed by atoms with E-state index in [0.29, 0.717) is 24.3 Å². The largest absolute Gasteiger partial charge is 0.478 e. The first kappa shape index (κ1) is 25.5. The van der Waals surface area contributed by atoms with Crippen molar-refractivity contribution in [3.8, 4) is 0 Å². The van der Waals surface area contributed by atoms with E-state index in [-0.39, 0.29) is 18.2 Å². The standard InChI is InChI=1S/C19H9ClF10O2/c20-14-6-8(2-4-11(14)17(22,23)24)12(18(25,26)27)7-15(21)9-1-3-10(16(31)32)13(5-9)19(28,29)30/h1-7,12H,(H,31,32). The molecule has 13 heteroatoms. The van der Waals surface area contributed by atoms with Gasteiger partial charge in [0, 0.05) is 5.56 Å². The maximum absolute atomic E-state index is 14.5. The molecule has 2 aromatic carbocycles. The van der Waals surface area contributed by atoms with E-state index in [0.717, 1.165) is 0 Å². The van der Waals surface area contributed by atoms with Crippen LogP contribution in [-0.2, 0) is 12.4 Å². The Morgan fingerprint density at radius 2 is 1.44 bits per heavy atom. The number of alkyl halides is 9. The lowest BCUT2D eigenvalue weighted by Gasteiger charge is -2.19. The molecular formula is C19H9ClF10O2. The number of halogens is 11. The predicted molar refractivity (Wildman–Crippen MR) is 92.7 cm³/mol. The van der Waals surface area contributed by atoms with Gasteiger partial charge in [0.05, 0.1) is 21.7 Å². The van der Waals surface area contributed by atoms with Crippen LogP contribution in [-0.4, -0.2) is 17.3 Å². The second-order valence-electron chi connectivity index (χ2n) is 6.33. The van der Waals surface area contributed by atoms with Crippen LogP contribution in [0.25, 0.3) is 5.83 Å². The van der Waals surface area contributed by atoms with Crippen LogP contribution in [0.2, 0.25) is 5.02 Å². The molecule has 0 heterocycles. The van der Waals surface area contributed by atoms with Gasteiger partial charge < -0.3 is 5.11 Å². The SMILES string of the molecule is O=C(O)c1ccc(C(F)=CC(c2ccc(C(F)(F)F)c(Cl)c2)C(F)(F)F)cc1C(F)(F)F. The van der Waals surface area contributed by atoms with E-state index in [1.54, 1.807) is 0 Å². The van der Waals surface area contributed by atoms with Gasteiger partial charge in [0.25, 0.3) is 0 Å². The summed E-state index contributed by atoms with van der Waals surface area (Å²) < 4.78 is 132. The summed E-state index contributed by atoms with van der Waals surface area (Å²) in [6.07, 6.45) is -15.6. The van der Waals surface area contributed by atoms with Gasteiger partial charge in [-0.1, -0.05) is 23.7 Å². The highest BCUT2D eigenvalue weighted by Crippen LogP contribution is 2.42. The molecule has 0 saturated carbocycles. The molecule has 1 unspecified atom stereocenters. The molecule has 0 bridgehead atoms. The van der Waals surface area contributed by atoms with Gasteiger partial charge >= 0.3 is 24.5 Å². The highest BCUT2D eigenvalue weighted by molar-refractivity contribution is 6.31. The Kier molecular flexibility index (Phi) is 6.89. The average Bonchev–Trinajstić information content (AvgIpc) is 2.62. The monoisotopic (exact) mass is 494 g/mol. The van der Waals surface area contributed by atoms with Crippen molar-refractivity contribution < 1.29 is 53.8 Å². The number of hydrogen-bond donors (Lipinski definition) is 1. The second kappa shape index (κ2) is 8.64. The van der Waals surface area contributed by atoms with Gasteiger partial charge in [-0.3, -0.25) is 0 Å². The van der Waals surface area contributed by atoms with Crippen LogP contribution >= 0.6 is 11.6 Å². The molecule has 0 spiro atoms. The lowest BCUT2D eigenvalue weighted by Crippen LogP contribution is -2.20. The molecule has 0 aliphatic rings. The second-order valence-corrected chi connectivity index (χ2v) is 6.74. The highest BCUT2D eigenvalue weighted by Gasteiger charge is 2.41. The minimum absolute atomic E-state index is 0.0163. The first-order valence-electron chi connectivity index (χ1n) is 8.18. The summed E-state index contributed by atoms with van der Waals surface area (Å²) in [5, 5.41) is 7.72. The molecule has 2 rings (SSSR count). The van der Waals surface area contributed by atoms with Gasteiger partial charge in [0.2, 0.25) is 0 Å². The molecular weight excluding hydrogens is 486 g/mol. The summed E-state index contributed by atoms with van der Waals surface area (Å²) >= 11 is 5.40. The Labute approximate surface area is 177 Å². The smallest absolute Gasteiger partial charge is 0.417 e. The van der Waals surface area contributed by atoms with Crippen molar-refractivity contribution in [2.45, 2.75) is 24.4 Å². The van der Waals surface area contributed by atoms with Crippen molar-refractivity contribution in [1.29, 1.82) is 0 Å². The van der Waals surface area contributed by atoms with Crippen LogP contribution < -0.4 is 0 Å². The number of hydrogen-bond acceptors (Lipinski definition) is 1.